The van der Waals surface area contributed by atoms with Crippen LogP contribution in [0.2, 0.25) is 5.15 Å². The van der Waals surface area contributed by atoms with Crippen molar-refractivity contribution in [3.05, 3.63) is 34.4 Å². The number of aryl methyl sites for hydroxylation is 1. The maximum Gasteiger partial charge on any atom is 0.216 e. The normalized spacial score (nSPS) is 12.8. The van der Waals surface area contributed by atoms with Crippen molar-refractivity contribution in [3.8, 4) is 0 Å². The lowest BCUT2D eigenvalue weighted by molar-refractivity contribution is 0.453. The van der Waals surface area contributed by atoms with E-state index in [1.165, 1.54) is 0 Å². The van der Waals surface area contributed by atoms with Gasteiger partial charge in [-0.05, 0) is 20.8 Å². The van der Waals surface area contributed by atoms with Gasteiger partial charge >= 0.3 is 0 Å². The third-order valence-corrected chi connectivity index (χ3v) is 3.35. The molecular weight excluding hydrogens is 276 g/mol. The molecule has 0 spiro atoms. The second kappa shape index (κ2) is 5.79. The SMILES string of the molecule is Cc1cnc(C(C)Nc2nc(C(C)C)nc(Cl)c2C)o1. The molecule has 2 aromatic heterocycles. The Morgan fingerprint density at radius 1 is 1.20 bits per heavy atom. The van der Waals surface area contributed by atoms with Crippen molar-refractivity contribution < 1.29 is 4.42 Å². The second-order valence-electron chi connectivity index (χ2n) is 5.18. The number of hydrogen-bond acceptors (Lipinski definition) is 5. The predicted octanol–water partition coefficient (Wildman–Crippen LogP) is 4.03. The Morgan fingerprint density at radius 2 is 1.90 bits per heavy atom. The first-order valence-corrected chi connectivity index (χ1v) is 6.99. The van der Waals surface area contributed by atoms with Crippen LogP contribution in [0.5, 0.6) is 0 Å². The molecule has 0 radical (unpaired) electrons. The van der Waals surface area contributed by atoms with Crippen LogP contribution < -0.4 is 5.32 Å². The van der Waals surface area contributed by atoms with Crippen LogP contribution in [-0.2, 0) is 0 Å². The Kier molecular flexibility index (Phi) is 4.28. The molecule has 6 heteroatoms. The molecule has 2 rings (SSSR count). The maximum absolute atomic E-state index is 6.17. The number of hydrogen-bond donors (Lipinski definition) is 1. The number of aromatic nitrogens is 3. The topological polar surface area (TPSA) is 63.8 Å². The van der Waals surface area contributed by atoms with E-state index in [-0.39, 0.29) is 12.0 Å². The van der Waals surface area contributed by atoms with Crippen molar-refractivity contribution in [2.75, 3.05) is 5.32 Å². The van der Waals surface area contributed by atoms with E-state index in [1.54, 1.807) is 6.20 Å². The molecule has 0 saturated carbocycles. The van der Waals surface area contributed by atoms with Crippen LogP contribution >= 0.6 is 11.6 Å². The molecule has 2 aromatic rings. The molecule has 0 aliphatic carbocycles. The van der Waals surface area contributed by atoms with Gasteiger partial charge in [-0.15, -0.1) is 0 Å². The molecule has 1 N–H and O–H groups in total. The molecule has 0 aliphatic heterocycles. The Morgan fingerprint density at radius 3 is 2.45 bits per heavy atom. The average molecular weight is 295 g/mol. The fourth-order valence-electron chi connectivity index (χ4n) is 1.74. The van der Waals surface area contributed by atoms with E-state index in [1.807, 2.05) is 34.6 Å². The van der Waals surface area contributed by atoms with E-state index in [0.29, 0.717) is 11.0 Å². The number of oxazole rings is 1. The second-order valence-corrected chi connectivity index (χ2v) is 5.53. The maximum atomic E-state index is 6.17. The molecule has 20 heavy (non-hydrogen) atoms. The van der Waals surface area contributed by atoms with Crippen LogP contribution in [0.1, 0.15) is 55.8 Å². The standard InChI is InChI=1S/C14H19ClN4O/c1-7(2)12-18-11(15)9(4)13(19-12)17-10(5)14-16-6-8(3)20-14/h6-7,10H,1-5H3,(H,17,18,19). The summed E-state index contributed by atoms with van der Waals surface area (Å²) in [5.41, 5.74) is 0.825. The zero-order valence-electron chi connectivity index (χ0n) is 12.4. The van der Waals surface area contributed by atoms with Crippen molar-refractivity contribution in [2.45, 2.75) is 46.6 Å². The highest BCUT2D eigenvalue weighted by Gasteiger charge is 2.16. The van der Waals surface area contributed by atoms with E-state index >= 15 is 0 Å². The Balaban J connectivity index is 2.28. The molecule has 0 aromatic carbocycles. The van der Waals surface area contributed by atoms with Crippen LogP contribution in [-0.4, -0.2) is 15.0 Å². The summed E-state index contributed by atoms with van der Waals surface area (Å²) >= 11 is 6.17. The van der Waals surface area contributed by atoms with Gasteiger partial charge < -0.3 is 9.73 Å². The molecule has 0 amide bonds. The van der Waals surface area contributed by atoms with Gasteiger partial charge in [-0.2, -0.15) is 0 Å². The molecule has 108 valence electrons. The van der Waals surface area contributed by atoms with Crippen LogP contribution in [0.25, 0.3) is 0 Å². The molecule has 1 atom stereocenters. The summed E-state index contributed by atoms with van der Waals surface area (Å²) < 4.78 is 5.52. The Labute approximate surface area is 123 Å². The van der Waals surface area contributed by atoms with E-state index in [2.05, 4.69) is 20.3 Å². The highest BCUT2D eigenvalue weighted by molar-refractivity contribution is 6.30. The summed E-state index contributed by atoms with van der Waals surface area (Å²) in [6.07, 6.45) is 1.70. The zero-order valence-corrected chi connectivity index (χ0v) is 13.1. The van der Waals surface area contributed by atoms with Gasteiger partial charge in [0.05, 0.1) is 6.20 Å². The first-order valence-electron chi connectivity index (χ1n) is 6.61. The molecule has 0 saturated heterocycles. The first-order chi connectivity index (χ1) is 9.38. The van der Waals surface area contributed by atoms with E-state index < -0.39 is 0 Å². The Hall–Kier alpha value is -1.62. The van der Waals surface area contributed by atoms with Gasteiger partial charge in [0.15, 0.2) is 0 Å². The molecule has 5 nitrogen and oxygen atoms in total. The van der Waals surface area contributed by atoms with Crippen LogP contribution in [0.4, 0.5) is 5.82 Å². The van der Waals surface area contributed by atoms with E-state index in [4.69, 9.17) is 16.0 Å². The fourth-order valence-corrected chi connectivity index (χ4v) is 1.92. The minimum atomic E-state index is -0.0895. The average Bonchev–Trinajstić information content (AvgIpc) is 2.81. The smallest absolute Gasteiger partial charge is 0.216 e. The van der Waals surface area contributed by atoms with Gasteiger partial charge in [-0.25, -0.2) is 15.0 Å². The largest absolute Gasteiger partial charge is 0.444 e. The predicted molar refractivity (Wildman–Crippen MR) is 79.1 cm³/mol. The zero-order chi connectivity index (χ0) is 14.9. The lowest BCUT2D eigenvalue weighted by atomic mass is 10.2. The molecular formula is C14H19ClN4O. The lowest BCUT2D eigenvalue weighted by Gasteiger charge is -2.16. The van der Waals surface area contributed by atoms with Gasteiger partial charge in [0.2, 0.25) is 5.89 Å². The van der Waals surface area contributed by atoms with Crippen molar-refractivity contribution in [2.24, 2.45) is 0 Å². The van der Waals surface area contributed by atoms with Crippen molar-refractivity contribution in [3.63, 3.8) is 0 Å². The fraction of sp³-hybridized carbons (Fsp3) is 0.500. The van der Waals surface area contributed by atoms with Gasteiger partial charge in [0, 0.05) is 11.5 Å². The van der Waals surface area contributed by atoms with Crippen LogP contribution in [0.3, 0.4) is 0 Å². The van der Waals surface area contributed by atoms with Gasteiger partial charge in [0.1, 0.15) is 28.6 Å². The Bertz CT molecular complexity index is 609. The number of nitrogens with one attached hydrogen (secondary N) is 1. The van der Waals surface area contributed by atoms with Crippen molar-refractivity contribution >= 4 is 17.4 Å². The van der Waals surface area contributed by atoms with Gasteiger partial charge in [0.25, 0.3) is 0 Å². The molecule has 2 heterocycles. The van der Waals surface area contributed by atoms with Crippen molar-refractivity contribution in [1.82, 2.24) is 15.0 Å². The molecule has 0 aliphatic rings. The minimum Gasteiger partial charge on any atom is -0.444 e. The van der Waals surface area contributed by atoms with Crippen LogP contribution in [0, 0.1) is 13.8 Å². The first kappa shape index (κ1) is 14.8. The van der Waals surface area contributed by atoms with Gasteiger partial charge in [-0.3, -0.25) is 0 Å². The summed E-state index contributed by atoms with van der Waals surface area (Å²) in [5, 5.41) is 3.76. The quantitative estimate of drug-likeness (QED) is 0.862. The number of nitrogens with zero attached hydrogens (tertiary/aromatic N) is 3. The van der Waals surface area contributed by atoms with E-state index in [0.717, 1.165) is 23.0 Å². The van der Waals surface area contributed by atoms with Crippen molar-refractivity contribution in [1.29, 1.82) is 0 Å². The summed E-state index contributed by atoms with van der Waals surface area (Å²) in [5.74, 6) is 3.07. The molecule has 0 fully saturated rings. The summed E-state index contributed by atoms with van der Waals surface area (Å²) in [7, 11) is 0. The number of rotatable bonds is 4. The summed E-state index contributed by atoms with van der Waals surface area (Å²) in [6.45, 7) is 9.79. The lowest BCUT2D eigenvalue weighted by Crippen LogP contribution is -2.12. The highest BCUT2D eigenvalue weighted by atomic mass is 35.5. The molecule has 0 bridgehead atoms. The number of anilines is 1. The van der Waals surface area contributed by atoms with E-state index in [9.17, 15) is 0 Å². The van der Waals surface area contributed by atoms with Crippen LogP contribution in [0.15, 0.2) is 10.6 Å². The third-order valence-electron chi connectivity index (χ3n) is 2.98. The number of halogens is 1. The monoisotopic (exact) mass is 294 g/mol. The minimum absolute atomic E-state index is 0.0895. The third kappa shape index (κ3) is 3.10. The summed E-state index contributed by atoms with van der Waals surface area (Å²) in [6, 6.07) is -0.0895. The van der Waals surface area contributed by atoms with Gasteiger partial charge in [-0.1, -0.05) is 25.4 Å². The highest BCUT2D eigenvalue weighted by Crippen LogP contribution is 2.26. The molecule has 1 unspecified atom stereocenters. The summed E-state index contributed by atoms with van der Waals surface area (Å²) in [4.78, 5) is 13.0.